The van der Waals surface area contributed by atoms with Gasteiger partial charge < -0.3 is 0 Å². The highest BCUT2D eigenvalue weighted by molar-refractivity contribution is 6.31. The van der Waals surface area contributed by atoms with Crippen molar-refractivity contribution >= 4 is 17.4 Å². The summed E-state index contributed by atoms with van der Waals surface area (Å²) in [6.45, 7) is 3.86. The zero-order valence-electron chi connectivity index (χ0n) is 10.1. The van der Waals surface area contributed by atoms with Gasteiger partial charge in [-0.05, 0) is 44.2 Å². The molecule has 0 amide bonds. The molecule has 0 aromatic heterocycles. The van der Waals surface area contributed by atoms with Crippen molar-refractivity contribution in [3.05, 3.63) is 69.5 Å². The van der Waals surface area contributed by atoms with Crippen molar-refractivity contribution in [2.75, 3.05) is 0 Å². The first-order valence-electron chi connectivity index (χ1n) is 5.55. The minimum absolute atomic E-state index is 0.0368. The number of ketones is 1. The first-order chi connectivity index (χ1) is 8.47. The van der Waals surface area contributed by atoms with Crippen molar-refractivity contribution in [3.8, 4) is 0 Å². The molecule has 0 radical (unpaired) electrons. The molecule has 0 aliphatic heterocycles. The fourth-order valence-electron chi connectivity index (χ4n) is 1.91. The molecule has 2 aromatic carbocycles. The molecule has 0 bridgehead atoms. The Hall–Kier alpha value is -1.67. The van der Waals surface area contributed by atoms with Crippen LogP contribution in [0, 0.1) is 19.7 Å². The average molecular weight is 263 g/mol. The number of carbonyl (C=O) groups is 1. The van der Waals surface area contributed by atoms with E-state index in [9.17, 15) is 9.18 Å². The number of hydrogen-bond acceptors (Lipinski definition) is 1. The van der Waals surface area contributed by atoms with Crippen LogP contribution in [0.3, 0.4) is 0 Å². The molecule has 2 aromatic rings. The monoisotopic (exact) mass is 262 g/mol. The van der Waals surface area contributed by atoms with E-state index in [1.807, 2.05) is 32.0 Å². The summed E-state index contributed by atoms with van der Waals surface area (Å²) in [5.41, 5.74) is 3.03. The summed E-state index contributed by atoms with van der Waals surface area (Å²) in [5, 5.41) is -0.0368. The lowest BCUT2D eigenvalue weighted by Crippen LogP contribution is -2.02. The van der Waals surface area contributed by atoms with E-state index < -0.39 is 5.82 Å². The Kier molecular flexibility index (Phi) is 3.48. The van der Waals surface area contributed by atoms with E-state index in [2.05, 4.69) is 0 Å². The quantitative estimate of drug-likeness (QED) is 0.737. The van der Waals surface area contributed by atoms with Crippen molar-refractivity contribution < 1.29 is 9.18 Å². The van der Waals surface area contributed by atoms with Crippen molar-refractivity contribution in [1.29, 1.82) is 0 Å². The molecule has 0 N–H and O–H groups in total. The van der Waals surface area contributed by atoms with Crippen LogP contribution in [0.2, 0.25) is 5.02 Å². The molecule has 18 heavy (non-hydrogen) atoms. The Morgan fingerprint density at radius 1 is 1.00 bits per heavy atom. The third kappa shape index (κ3) is 2.59. The van der Waals surface area contributed by atoms with Gasteiger partial charge in [0.05, 0.1) is 5.02 Å². The minimum atomic E-state index is -0.520. The lowest BCUT2D eigenvalue weighted by molar-refractivity contribution is 0.103. The fourth-order valence-corrected chi connectivity index (χ4v) is 2.09. The molecule has 1 nitrogen and oxygen atoms in total. The van der Waals surface area contributed by atoms with Gasteiger partial charge in [-0.15, -0.1) is 0 Å². The van der Waals surface area contributed by atoms with Crippen LogP contribution in [0.1, 0.15) is 27.0 Å². The van der Waals surface area contributed by atoms with Crippen LogP contribution in [0.4, 0.5) is 4.39 Å². The molecule has 0 spiro atoms. The third-order valence-corrected chi connectivity index (χ3v) is 2.96. The molecule has 0 saturated heterocycles. The van der Waals surface area contributed by atoms with E-state index in [1.54, 1.807) is 0 Å². The number of hydrogen-bond donors (Lipinski definition) is 0. The molecule has 0 aliphatic rings. The van der Waals surface area contributed by atoms with Crippen LogP contribution in [0.15, 0.2) is 36.4 Å². The third-order valence-electron chi connectivity index (χ3n) is 2.67. The number of carbonyl (C=O) groups excluding carboxylic acids is 1. The highest BCUT2D eigenvalue weighted by atomic mass is 35.5. The number of benzene rings is 2. The molecule has 0 atom stereocenters. The Morgan fingerprint density at radius 3 is 2.17 bits per heavy atom. The van der Waals surface area contributed by atoms with Crippen molar-refractivity contribution in [3.63, 3.8) is 0 Å². The fraction of sp³-hybridized carbons (Fsp3) is 0.133. The molecule has 0 heterocycles. The molecule has 2 rings (SSSR count). The van der Waals surface area contributed by atoms with E-state index >= 15 is 0 Å². The first-order valence-corrected chi connectivity index (χ1v) is 5.93. The molecule has 3 heteroatoms. The summed E-state index contributed by atoms with van der Waals surface area (Å²) >= 11 is 5.68. The van der Waals surface area contributed by atoms with Gasteiger partial charge in [0.2, 0.25) is 0 Å². The topological polar surface area (TPSA) is 17.1 Å². The van der Waals surface area contributed by atoms with Crippen LogP contribution in [-0.4, -0.2) is 5.78 Å². The number of rotatable bonds is 2. The molecular formula is C15H12ClFO. The predicted molar refractivity (Wildman–Crippen MR) is 70.8 cm³/mol. The van der Waals surface area contributed by atoms with Gasteiger partial charge in [-0.25, -0.2) is 4.39 Å². The summed E-state index contributed by atoms with van der Waals surface area (Å²) in [5.74, 6) is -0.669. The predicted octanol–water partition coefficient (Wildman–Crippen LogP) is 4.33. The van der Waals surface area contributed by atoms with E-state index in [0.717, 1.165) is 11.1 Å². The van der Waals surface area contributed by atoms with Crippen LogP contribution in [0.5, 0.6) is 0 Å². The van der Waals surface area contributed by atoms with Crippen LogP contribution in [-0.2, 0) is 0 Å². The lowest BCUT2D eigenvalue weighted by atomic mass is 9.99. The van der Waals surface area contributed by atoms with Crippen LogP contribution >= 0.6 is 11.6 Å². The van der Waals surface area contributed by atoms with Gasteiger partial charge in [-0.1, -0.05) is 28.8 Å². The first kappa shape index (κ1) is 12.8. The largest absolute Gasteiger partial charge is 0.289 e. The van der Waals surface area contributed by atoms with Crippen molar-refractivity contribution in [2.24, 2.45) is 0 Å². The molecule has 0 aliphatic carbocycles. The summed E-state index contributed by atoms with van der Waals surface area (Å²) in [4.78, 5) is 12.2. The van der Waals surface area contributed by atoms with Gasteiger partial charge in [0.1, 0.15) is 5.82 Å². The maximum absolute atomic E-state index is 13.0. The molecule has 0 saturated carbocycles. The van der Waals surface area contributed by atoms with E-state index in [-0.39, 0.29) is 10.8 Å². The lowest BCUT2D eigenvalue weighted by Gasteiger charge is -2.05. The van der Waals surface area contributed by atoms with Crippen molar-refractivity contribution in [2.45, 2.75) is 13.8 Å². The Morgan fingerprint density at radius 2 is 1.61 bits per heavy atom. The summed E-state index contributed by atoms with van der Waals surface area (Å²) < 4.78 is 13.0. The Balaban J connectivity index is 2.44. The van der Waals surface area contributed by atoms with Gasteiger partial charge in [-0.3, -0.25) is 4.79 Å². The van der Waals surface area contributed by atoms with Crippen LogP contribution < -0.4 is 0 Å². The number of aryl methyl sites for hydroxylation is 2. The summed E-state index contributed by atoms with van der Waals surface area (Å²) in [6.07, 6.45) is 0. The summed E-state index contributed by atoms with van der Waals surface area (Å²) in [7, 11) is 0. The standard InChI is InChI=1S/C15H12ClFO/c1-9-5-10(2)7-12(6-9)15(18)11-3-4-14(17)13(16)8-11/h3-8H,1-2H3. The number of halogens is 2. The van der Waals surface area contributed by atoms with Crippen molar-refractivity contribution in [1.82, 2.24) is 0 Å². The Bertz CT molecular complexity index is 600. The maximum atomic E-state index is 13.0. The maximum Gasteiger partial charge on any atom is 0.193 e. The second kappa shape index (κ2) is 4.91. The molecule has 0 fully saturated rings. The Labute approximate surface area is 110 Å². The SMILES string of the molecule is Cc1cc(C)cc(C(=O)c2ccc(F)c(Cl)c2)c1. The molecule has 92 valence electrons. The second-order valence-corrected chi connectivity index (χ2v) is 4.74. The van der Waals surface area contributed by atoms with Crippen LogP contribution in [0.25, 0.3) is 0 Å². The smallest absolute Gasteiger partial charge is 0.193 e. The highest BCUT2D eigenvalue weighted by Crippen LogP contribution is 2.19. The van der Waals surface area contributed by atoms with E-state index in [4.69, 9.17) is 11.6 Å². The van der Waals surface area contributed by atoms with E-state index in [1.165, 1.54) is 18.2 Å². The zero-order chi connectivity index (χ0) is 13.3. The van der Waals surface area contributed by atoms with Gasteiger partial charge in [0, 0.05) is 11.1 Å². The van der Waals surface area contributed by atoms with Gasteiger partial charge in [0.15, 0.2) is 5.78 Å². The summed E-state index contributed by atoms with van der Waals surface area (Å²) in [6, 6.07) is 9.63. The van der Waals surface area contributed by atoms with Gasteiger partial charge >= 0.3 is 0 Å². The second-order valence-electron chi connectivity index (χ2n) is 4.33. The zero-order valence-corrected chi connectivity index (χ0v) is 10.9. The molecular weight excluding hydrogens is 251 g/mol. The average Bonchev–Trinajstić information content (AvgIpc) is 2.30. The molecule has 0 unspecified atom stereocenters. The highest BCUT2D eigenvalue weighted by Gasteiger charge is 2.11. The van der Waals surface area contributed by atoms with Gasteiger partial charge in [0.25, 0.3) is 0 Å². The normalized spacial score (nSPS) is 10.4. The minimum Gasteiger partial charge on any atom is -0.289 e. The van der Waals surface area contributed by atoms with Gasteiger partial charge in [-0.2, -0.15) is 0 Å². The van der Waals surface area contributed by atoms with E-state index in [0.29, 0.717) is 11.1 Å².